The first-order chi connectivity index (χ1) is 9.74. The number of aliphatic carboxylic acids is 1. The van der Waals surface area contributed by atoms with E-state index >= 15 is 0 Å². The zero-order valence-electron chi connectivity index (χ0n) is 12.3. The van der Waals surface area contributed by atoms with Crippen LogP contribution < -0.4 is 4.90 Å². The van der Waals surface area contributed by atoms with Gasteiger partial charge in [-0.05, 0) is 6.42 Å². The monoisotopic (exact) mass is 299 g/mol. The lowest BCUT2D eigenvalue weighted by molar-refractivity contribution is -0.136. The Bertz CT molecular complexity index is 357. The van der Waals surface area contributed by atoms with Crippen molar-refractivity contribution in [2.45, 2.75) is 58.3 Å². The molecule has 0 aliphatic rings. The van der Waals surface area contributed by atoms with Gasteiger partial charge in [-0.15, -0.1) is 10.2 Å². The highest BCUT2D eigenvalue weighted by atomic mass is 32.1. The van der Waals surface area contributed by atoms with Crippen molar-refractivity contribution in [3.8, 4) is 0 Å². The van der Waals surface area contributed by atoms with Crippen LogP contribution in [-0.4, -0.2) is 34.4 Å². The largest absolute Gasteiger partial charge is 0.481 e. The lowest BCUT2D eigenvalue weighted by Crippen LogP contribution is -2.27. The van der Waals surface area contributed by atoms with Gasteiger partial charge in [0, 0.05) is 13.1 Å². The topological polar surface area (TPSA) is 66.3 Å². The number of rotatable bonds is 12. The van der Waals surface area contributed by atoms with Crippen LogP contribution in [0.2, 0.25) is 0 Å². The normalized spacial score (nSPS) is 10.7. The number of anilines is 1. The summed E-state index contributed by atoms with van der Waals surface area (Å²) in [5, 5.41) is 17.5. The van der Waals surface area contributed by atoms with Gasteiger partial charge in [-0.25, -0.2) is 0 Å². The van der Waals surface area contributed by atoms with Gasteiger partial charge >= 0.3 is 5.97 Å². The maximum Gasteiger partial charge on any atom is 0.305 e. The summed E-state index contributed by atoms with van der Waals surface area (Å²) in [7, 11) is 0. The quantitative estimate of drug-likeness (QED) is 0.598. The van der Waals surface area contributed by atoms with Crippen molar-refractivity contribution in [2.75, 3.05) is 18.0 Å². The summed E-state index contributed by atoms with van der Waals surface area (Å²) in [6, 6.07) is 0. The lowest BCUT2D eigenvalue weighted by Gasteiger charge is -2.20. The molecule has 0 saturated heterocycles. The van der Waals surface area contributed by atoms with E-state index < -0.39 is 5.97 Å². The summed E-state index contributed by atoms with van der Waals surface area (Å²) in [4.78, 5) is 12.7. The van der Waals surface area contributed by atoms with Crippen LogP contribution in [0.3, 0.4) is 0 Å². The molecule has 0 aliphatic heterocycles. The summed E-state index contributed by atoms with van der Waals surface area (Å²) < 4.78 is 0. The van der Waals surface area contributed by atoms with Gasteiger partial charge in [-0.1, -0.05) is 56.8 Å². The van der Waals surface area contributed by atoms with E-state index in [1.807, 2.05) is 4.90 Å². The Hall–Kier alpha value is -1.17. The number of hydrogen-bond donors (Lipinski definition) is 1. The average molecular weight is 299 g/mol. The molecule has 6 heteroatoms. The molecule has 20 heavy (non-hydrogen) atoms. The molecule has 0 unspecified atom stereocenters. The molecule has 1 aromatic rings. The van der Waals surface area contributed by atoms with Crippen molar-refractivity contribution in [2.24, 2.45) is 0 Å². The summed E-state index contributed by atoms with van der Waals surface area (Å²) in [6.45, 7) is 3.61. The van der Waals surface area contributed by atoms with Crippen LogP contribution in [0.5, 0.6) is 0 Å². The number of nitrogens with zero attached hydrogens (tertiary/aromatic N) is 3. The van der Waals surface area contributed by atoms with E-state index in [4.69, 9.17) is 5.11 Å². The van der Waals surface area contributed by atoms with Crippen molar-refractivity contribution in [1.82, 2.24) is 10.2 Å². The van der Waals surface area contributed by atoms with Crippen molar-refractivity contribution < 1.29 is 9.90 Å². The number of carbonyl (C=O) groups is 1. The zero-order valence-corrected chi connectivity index (χ0v) is 13.1. The van der Waals surface area contributed by atoms with Crippen molar-refractivity contribution in [1.29, 1.82) is 0 Å². The third-order valence-electron chi connectivity index (χ3n) is 3.25. The molecule has 0 bridgehead atoms. The summed E-state index contributed by atoms with van der Waals surface area (Å²) >= 11 is 1.47. The molecule has 1 N–H and O–H groups in total. The molecule has 114 valence electrons. The van der Waals surface area contributed by atoms with Crippen LogP contribution in [0, 0.1) is 0 Å². The standard InChI is InChI=1S/C14H25N3O2S/c1-2-3-4-5-6-7-8-10-17(11-9-13(18)19)14-16-15-12-20-14/h12H,2-11H2,1H3,(H,18,19). The smallest absolute Gasteiger partial charge is 0.305 e. The maximum absolute atomic E-state index is 10.7. The highest BCUT2D eigenvalue weighted by Gasteiger charge is 2.11. The van der Waals surface area contributed by atoms with E-state index in [1.165, 1.54) is 49.9 Å². The van der Waals surface area contributed by atoms with E-state index in [9.17, 15) is 4.79 Å². The Morgan fingerprint density at radius 1 is 1.20 bits per heavy atom. The Balaban J connectivity index is 2.22. The van der Waals surface area contributed by atoms with Crippen molar-refractivity contribution in [3.63, 3.8) is 0 Å². The number of aromatic nitrogens is 2. The Morgan fingerprint density at radius 3 is 2.50 bits per heavy atom. The van der Waals surface area contributed by atoms with Gasteiger partial charge in [-0.3, -0.25) is 4.79 Å². The number of carboxylic acid groups (broad SMARTS) is 1. The Morgan fingerprint density at radius 2 is 1.90 bits per heavy atom. The molecule has 1 rings (SSSR count). The van der Waals surface area contributed by atoms with E-state index in [0.29, 0.717) is 6.54 Å². The van der Waals surface area contributed by atoms with Crippen LogP contribution in [0.1, 0.15) is 58.3 Å². The number of hydrogen-bond acceptors (Lipinski definition) is 5. The van der Waals surface area contributed by atoms with Gasteiger partial charge in [0.05, 0.1) is 6.42 Å². The predicted octanol–water partition coefficient (Wildman–Crippen LogP) is 3.57. The van der Waals surface area contributed by atoms with Gasteiger partial charge in [0.2, 0.25) is 5.13 Å². The second-order valence-electron chi connectivity index (χ2n) is 4.97. The van der Waals surface area contributed by atoms with Crippen LogP contribution in [0.4, 0.5) is 5.13 Å². The summed E-state index contributed by atoms with van der Waals surface area (Å²) in [5.74, 6) is -0.765. The van der Waals surface area contributed by atoms with Crippen molar-refractivity contribution >= 4 is 22.4 Å². The SMILES string of the molecule is CCCCCCCCCN(CCC(=O)O)c1nncs1. The van der Waals surface area contributed by atoms with Gasteiger partial charge < -0.3 is 10.0 Å². The molecule has 0 saturated carbocycles. The summed E-state index contributed by atoms with van der Waals surface area (Å²) in [6.07, 6.45) is 8.95. The molecule has 1 heterocycles. The third-order valence-corrected chi connectivity index (χ3v) is 4.00. The highest BCUT2D eigenvalue weighted by Crippen LogP contribution is 2.17. The minimum absolute atomic E-state index is 0.149. The fourth-order valence-electron chi connectivity index (χ4n) is 2.10. The van der Waals surface area contributed by atoms with Crippen LogP contribution in [0.25, 0.3) is 0 Å². The molecule has 1 aromatic heterocycles. The fourth-order valence-corrected chi connectivity index (χ4v) is 2.71. The molecule has 0 fully saturated rings. The molecule has 0 spiro atoms. The minimum atomic E-state index is -0.765. The first kappa shape index (κ1) is 16.9. The van der Waals surface area contributed by atoms with E-state index in [2.05, 4.69) is 17.1 Å². The third kappa shape index (κ3) is 7.43. The molecular weight excluding hydrogens is 274 g/mol. The predicted molar refractivity (Wildman–Crippen MR) is 82.4 cm³/mol. The van der Waals surface area contributed by atoms with Gasteiger partial charge in [-0.2, -0.15) is 0 Å². The van der Waals surface area contributed by atoms with Crippen LogP contribution in [-0.2, 0) is 4.79 Å². The average Bonchev–Trinajstić information content (AvgIpc) is 2.94. The van der Waals surface area contributed by atoms with Crippen molar-refractivity contribution in [3.05, 3.63) is 5.51 Å². The second kappa shape index (κ2) is 10.6. The minimum Gasteiger partial charge on any atom is -0.481 e. The lowest BCUT2D eigenvalue weighted by atomic mass is 10.1. The van der Waals surface area contributed by atoms with E-state index in [0.717, 1.165) is 18.1 Å². The molecule has 0 atom stereocenters. The zero-order chi connectivity index (χ0) is 14.6. The van der Waals surface area contributed by atoms with Gasteiger partial charge in [0.1, 0.15) is 5.51 Å². The Labute approximate surface area is 125 Å². The molecular formula is C14H25N3O2S. The molecule has 0 radical (unpaired) electrons. The molecule has 5 nitrogen and oxygen atoms in total. The van der Waals surface area contributed by atoms with Gasteiger partial charge in [0.15, 0.2) is 0 Å². The first-order valence-corrected chi connectivity index (χ1v) is 8.35. The maximum atomic E-state index is 10.7. The fraction of sp³-hybridized carbons (Fsp3) is 0.786. The number of carboxylic acids is 1. The molecule has 0 aliphatic carbocycles. The highest BCUT2D eigenvalue weighted by molar-refractivity contribution is 7.13. The van der Waals surface area contributed by atoms with E-state index in [1.54, 1.807) is 5.51 Å². The van der Waals surface area contributed by atoms with Gasteiger partial charge in [0.25, 0.3) is 0 Å². The van der Waals surface area contributed by atoms with Crippen LogP contribution >= 0.6 is 11.3 Å². The second-order valence-corrected chi connectivity index (χ2v) is 5.79. The van der Waals surface area contributed by atoms with E-state index in [-0.39, 0.29) is 6.42 Å². The molecule has 0 amide bonds. The number of unbranched alkanes of at least 4 members (excludes halogenated alkanes) is 6. The van der Waals surface area contributed by atoms with Crippen LogP contribution in [0.15, 0.2) is 5.51 Å². The molecule has 0 aromatic carbocycles. The Kier molecular flexibility index (Phi) is 8.95. The summed E-state index contributed by atoms with van der Waals surface area (Å²) in [5.41, 5.74) is 1.69. The first-order valence-electron chi connectivity index (χ1n) is 7.47.